The Kier molecular flexibility index (Phi) is 3.62. The van der Waals surface area contributed by atoms with Crippen LogP contribution in [0.5, 0.6) is 0 Å². The highest BCUT2D eigenvalue weighted by Gasteiger charge is 2.35. The Morgan fingerprint density at radius 3 is 2.52 bits per heavy atom. The van der Waals surface area contributed by atoms with Gasteiger partial charge in [-0.25, -0.2) is 4.68 Å². The van der Waals surface area contributed by atoms with E-state index >= 15 is 0 Å². The topological polar surface area (TPSA) is 94.0 Å². The number of nitrogen functional groups attached to an aromatic ring is 1. The van der Waals surface area contributed by atoms with Gasteiger partial charge >= 0.3 is 5.97 Å². The van der Waals surface area contributed by atoms with Gasteiger partial charge in [-0.1, -0.05) is 45.0 Å². The van der Waals surface area contributed by atoms with Gasteiger partial charge in [0.25, 0.3) is 0 Å². The molecule has 0 radical (unpaired) electrons. The van der Waals surface area contributed by atoms with Gasteiger partial charge in [0.05, 0.1) is 6.54 Å². The lowest BCUT2D eigenvalue weighted by Crippen LogP contribution is -2.28. The van der Waals surface area contributed by atoms with Gasteiger partial charge in [-0.2, -0.15) is 4.98 Å². The smallest absolute Gasteiger partial charge is 0.314 e. The normalized spacial score (nSPS) is 21.0. The first-order valence-corrected chi connectivity index (χ1v) is 7.79. The molecule has 2 aromatic rings. The molecule has 1 aliphatic rings. The molecule has 0 saturated heterocycles. The molecule has 0 amide bonds. The van der Waals surface area contributed by atoms with Crippen molar-refractivity contribution in [2.24, 2.45) is 0 Å². The number of nitrogens with two attached hydrogens (primary N) is 1. The number of benzene rings is 1. The van der Waals surface area contributed by atoms with E-state index in [0.717, 1.165) is 5.56 Å². The molecular weight excluding hydrogens is 292 g/mol. The molecule has 0 aliphatic carbocycles. The van der Waals surface area contributed by atoms with Crippen LogP contribution < -0.4 is 5.73 Å². The van der Waals surface area contributed by atoms with Gasteiger partial charge < -0.3 is 10.8 Å². The SMILES string of the molecule is CC(C)(C)c1ccc(C2CC(C(=O)O)c3nc(N)nn3C2)cc1. The zero-order valence-electron chi connectivity index (χ0n) is 13.7. The van der Waals surface area contributed by atoms with Crippen LogP contribution in [0.15, 0.2) is 24.3 Å². The van der Waals surface area contributed by atoms with E-state index in [1.807, 2.05) is 0 Å². The van der Waals surface area contributed by atoms with Crippen LogP contribution in [0.25, 0.3) is 0 Å². The summed E-state index contributed by atoms with van der Waals surface area (Å²) in [5.74, 6) is -0.859. The van der Waals surface area contributed by atoms with Crippen molar-refractivity contribution in [2.45, 2.75) is 51.0 Å². The minimum Gasteiger partial charge on any atom is -0.481 e. The Balaban J connectivity index is 1.91. The maximum absolute atomic E-state index is 11.6. The van der Waals surface area contributed by atoms with E-state index in [-0.39, 0.29) is 17.3 Å². The van der Waals surface area contributed by atoms with Crippen LogP contribution in [0.1, 0.15) is 56.0 Å². The van der Waals surface area contributed by atoms with Gasteiger partial charge in [0, 0.05) is 5.92 Å². The standard InChI is InChI=1S/C17H22N4O2/c1-17(2,3)12-6-4-10(5-7-12)11-8-13(15(22)23)14-19-16(18)20-21(14)9-11/h4-7,11,13H,8-9H2,1-3H3,(H2,18,20)(H,22,23). The Hall–Kier alpha value is -2.37. The average molecular weight is 314 g/mol. The van der Waals surface area contributed by atoms with Gasteiger partial charge in [-0.15, -0.1) is 5.10 Å². The maximum atomic E-state index is 11.6. The summed E-state index contributed by atoms with van der Waals surface area (Å²) in [5.41, 5.74) is 8.13. The molecular formula is C17H22N4O2. The van der Waals surface area contributed by atoms with Crippen molar-refractivity contribution < 1.29 is 9.90 Å². The molecule has 0 saturated carbocycles. The second-order valence-corrected chi connectivity index (χ2v) is 7.21. The minimum absolute atomic E-state index is 0.0960. The molecule has 3 N–H and O–H groups in total. The molecule has 6 nitrogen and oxygen atoms in total. The van der Waals surface area contributed by atoms with Crippen molar-refractivity contribution >= 4 is 11.9 Å². The predicted octanol–water partition coefficient (Wildman–Crippen LogP) is 2.51. The second kappa shape index (κ2) is 5.37. The molecule has 0 bridgehead atoms. The van der Waals surface area contributed by atoms with E-state index in [1.165, 1.54) is 5.56 Å². The van der Waals surface area contributed by atoms with Crippen LogP contribution in [0.3, 0.4) is 0 Å². The Bertz CT molecular complexity index is 728. The lowest BCUT2D eigenvalue weighted by Gasteiger charge is -2.28. The number of hydrogen-bond donors (Lipinski definition) is 2. The molecule has 2 unspecified atom stereocenters. The summed E-state index contributed by atoms with van der Waals surface area (Å²) in [5, 5.41) is 13.6. The molecule has 122 valence electrons. The number of anilines is 1. The predicted molar refractivity (Wildman–Crippen MR) is 87.3 cm³/mol. The number of hydrogen-bond acceptors (Lipinski definition) is 4. The van der Waals surface area contributed by atoms with Gasteiger partial charge in [0.2, 0.25) is 5.95 Å². The van der Waals surface area contributed by atoms with E-state index in [1.54, 1.807) is 4.68 Å². The van der Waals surface area contributed by atoms with E-state index in [4.69, 9.17) is 5.73 Å². The summed E-state index contributed by atoms with van der Waals surface area (Å²) in [6, 6.07) is 8.43. The highest BCUT2D eigenvalue weighted by Crippen LogP contribution is 2.36. The highest BCUT2D eigenvalue weighted by atomic mass is 16.4. The van der Waals surface area contributed by atoms with Crippen LogP contribution >= 0.6 is 0 Å². The molecule has 2 atom stereocenters. The summed E-state index contributed by atoms with van der Waals surface area (Å²) < 4.78 is 1.64. The zero-order valence-corrected chi connectivity index (χ0v) is 13.7. The van der Waals surface area contributed by atoms with Gasteiger partial charge in [-0.05, 0) is 23.0 Å². The van der Waals surface area contributed by atoms with Crippen LogP contribution in [0, 0.1) is 0 Å². The van der Waals surface area contributed by atoms with Gasteiger partial charge in [0.1, 0.15) is 11.7 Å². The summed E-state index contributed by atoms with van der Waals surface area (Å²) in [6.07, 6.45) is 0.516. The van der Waals surface area contributed by atoms with Crippen molar-refractivity contribution in [2.75, 3.05) is 5.73 Å². The molecule has 0 fully saturated rings. The molecule has 3 rings (SSSR count). The molecule has 0 spiro atoms. The molecule has 6 heteroatoms. The lowest BCUT2D eigenvalue weighted by atomic mass is 9.82. The van der Waals surface area contributed by atoms with Crippen LogP contribution in [-0.2, 0) is 16.8 Å². The highest BCUT2D eigenvalue weighted by molar-refractivity contribution is 5.75. The van der Waals surface area contributed by atoms with Crippen molar-refractivity contribution in [1.29, 1.82) is 0 Å². The summed E-state index contributed by atoms with van der Waals surface area (Å²) in [4.78, 5) is 15.6. The molecule has 23 heavy (non-hydrogen) atoms. The number of carboxylic acid groups (broad SMARTS) is 1. The maximum Gasteiger partial charge on any atom is 0.314 e. The Labute approximate surface area is 135 Å². The average Bonchev–Trinajstić information content (AvgIpc) is 2.85. The van der Waals surface area contributed by atoms with Gasteiger partial charge in [0.15, 0.2) is 0 Å². The van der Waals surface area contributed by atoms with E-state index in [0.29, 0.717) is 18.8 Å². The van der Waals surface area contributed by atoms with E-state index in [9.17, 15) is 9.90 Å². The summed E-state index contributed by atoms with van der Waals surface area (Å²) in [6.45, 7) is 7.13. The zero-order chi connectivity index (χ0) is 16.8. The third kappa shape index (κ3) is 2.93. The first-order chi connectivity index (χ1) is 10.8. The third-order valence-electron chi connectivity index (χ3n) is 4.49. The van der Waals surface area contributed by atoms with Crippen molar-refractivity contribution in [3.8, 4) is 0 Å². The fourth-order valence-electron chi connectivity index (χ4n) is 3.15. The number of carboxylic acids is 1. The van der Waals surface area contributed by atoms with Crippen molar-refractivity contribution in [1.82, 2.24) is 14.8 Å². The summed E-state index contributed by atoms with van der Waals surface area (Å²) >= 11 is 0. The lowest BCUT2D eigenvalue weighted by molar-refractivity contribution is -0.139. The fourth-order valence-corrected chi connectivity index (χ4v) is 3.15. The Morgan fingerprint density at radius 2 is 1.96 bits per heavy atom. The van der Waals surface area contributed by atoms with E-state index in [2.05, 4.69) is 55.1 Å². The quantitative estimate of drug-likeness (QED) is 0.888. The van der Waals surface area contributed by atoms with Crippen molar-refractivity contribution in [3.63, 3.8) is 0 Å². The van der Waals surface area contributed by atoms with E-state index < -0.39 is 11.9 Å². The monoisotopic (exact) mass is 314 g/mol. The van der Waals surface area contributed by atoms with Gasteiger partial charge in [-0.3, -0.25) is 4.79 Å². The molecule has 1 aromatic carbocycles. The molecule has 1 aromatic heterocycles. The third-order valence-corrected chi connectivity index (χ3v) is 4.49. The van der Waals surface area contributed by atoms with Crippen molar-refractivity contribution in [3.05, 3.63) is 41.2 Å². The fraction of sp³-hybridized carbons (Fsp3) is 0.471. The molecule has 2 heterocycles. The molecule has 1 aliphatic heterocycles. The summed E-state index contributed by atoms with van der Waals surface area (Å²) in [7, 11) is 0. The first kappa shape index (κ1) is 15.5. The number of aliphatic carboxylic acids is 1. The largest absolute Gasteiger partial charge is 0.481 e. The number of aromatic nitrogens is 3. The van der Waals surface area contributed by atoms with Crippen LogP contribution in [0.4, 0.5) is 5.95 Å². The number of rotatable bonds is 2. The number of nitrogens with zero attached hydrogens (tertiary/aromatic N) is 3. The first-order valence-electron chi connectivity index (χ1n) is 7.79. The van der Waals surface area contributed by atoms with Crippen LogP contribution in [-0.4, -0.2) is 25.8 Å². The second-order valence-electron chi connectivity index (χ2n) is 7.21. The van der Waals surface area contributed by atoms with Crippen LogP contribution in [0.2, 0.25) is 0 Å². The number of carbonyl (C=O) groups is 1. The Morgan fingerprint density at radius 1 is 1.30 bits per heavy atom. The minimum atomic E-state index is -0.880. The number of fused-ring (bicyclic) bond motifs is 1.